The lowest BCUT2D eigenvalue weighted by Gasteiger charge is -2.16. The predicted molar refractivity (Wildman–Crippen MR) is 110 cm³/mol. The second-order valence-corrected chi connectivity index (χ2v) is 9.03. The van der Waals surface area contributed by atoms with E-state index in [-0.39, 0.29) is 34.5 Å². The smallest absolute Gasteiger partial charge is 0.495 e. The normalized spacial score (nSPS) is 14.9. The van der Waals surface area contributed by atoms with Crippen LogP contribution in [0.25, 0.3) is 0 Å². The molecule has 2 aromatic rings. The molecule has 3 rings (SSSR count). The molecule has 1 aliphatic rings. The summed E-state index contributed by atoms with van der Waals surface area (Å²) in [5.74, 6) is -0.791. The molecule has 0 unspecified atom stereocenters. The van der Waals surface area contributed by atoms with Crippen molar-refractivity contribution in [1.82, 2.24) is 10.0 Å². The van der Waals surface area contributed by atoms with Gasteiger partial charge in [-0.2, -0.15) is 0 Å². The van der Waals surface area contributed by atoms with Crippen LogP contribution in [0.1, 0.15) is 41.6 Å². The Morgan fingerprint density at radius 3 is 2.34 bits per heavy atom. The fraction of sp³-hybridized carbons (Fsp3) is 0.381. The van der Waals surface area contributed by atoms with Crippen molar-refractivity contribution in [2.75, 3.05) is 7.11 Å². The van der Waals surface area contributed by atoms with E-state index in [9.17, 15) is 26.4 Å². The first-order valence-electron chi connectivity index (χ1n) is 9.90. The molecule has 0 aromatic heterocycles. The van der Waals surface area contributed by atoms with Crippen LogP contribution in [-0.2, 0) is 16.6 Å². The van der Waals surface area contributed by atoms with Gasteiger partial charge in [0.15, 0.2) is 0 Å². The van der Waals surface area contributed by atoms with Gasteiger partial charge in [-0.15, -0.1) is 13.2 Å². The molecular weight excluding hydrogens is 449 g/mol. The van der Waals surface area contributed by atoms with Crippen molar-refractivity contribution in [1.29, 1.82) is 0 Å². The molecule has 1 amide bonds. The highest BCUT2D eigenvalue weighted by Gasteiger charge is 2.31. The van der Waals surface area contributed by atoms with Gasteiger partial charge in [0.25, 0.3) is 5.91 Å². The van der Waals surface area contributed by atoms with E-state index < -0.39 is 22.3 Å². The second-order valence-electron chi connectivity index (χ2n) is 7.34. The number of methoxy groups -OCH3 is 1. The van der Waals surface area contributed by atoms with E-state index in [0.717, 1.165) is 37.8 Å². The lowest BCUT2D eigenvalue weighted by Crippen LogP contribution is -2.33. The van der Waals surface area contributed by atoms with E-state index >= 15 is 0 Å². The van der Waals surface area contributed by atoms with Crippen molar-refractivity contribution in [3.05, 3.63) is 53.6 Å². The molecule has 0 aliphatic heterocycles. The molecule has 7 nitrogen and oxygen atoms in total. The van der Waals surface area contributed by atoms with E-state index in [1.165, 1.54) is 37.4 Å². The minimum Gasteiger partial charge on any atom is -0.495 e. The van der Waals surface area contributed by atoms with Crippen LogP contribution in [0.2, 0.25) is 0 Å². The van der Waals surface area contributed by atoms with Gasteiger partial charge < -0.3 is 14.8 Å². The number of hydrogen-bond donors (Lipinski definition) is 2. The van der Waals surface area contributed by atoms with Crippen LogP contribution in [0.5, 0.6) is 11.5 Å². The molecule has 1 aliphatic carbocycles. The summed E-state index contributed by atoms with van der Waals surface area (Å²) in [7, 11) is -2.55. The highest BCUT2D eigenvalue weighted by molar-refractivity contribution is 7.89. The zero-order valence-electron chi connectivity index (χ0n) is 17.2. The third kappa shape index (κ3) is 6.36. The van der Waals surface area contributed by atoms with Gasteiger partial charge in [-0.05, 0) is 48.7 Å². The summed E-state index contributed by atoms with van der Waals surface area (Å²) < 4.78 is 74.0. The van der Waals surface area contributed by atoms with E-state index in [2.05, 4.69) is 14.8 Å². The Bertz CT molecular complexity index is 1050. The van der Waals surface area contributed by atoms with Crippen molar-refractivity contribution >= 4 is 15.9 Å². The minimum atomic E-state index is -4.78. The first-order chi connectivity index (χ1) is 15.1. The molecule has 174 valence electrons. The largest absolute Gasteiger partial charge is 0.573 e. The van der Waals surface area contributed by atoms with Crippen molar-refractivity contribution in [2.45, 2.75) is 49.5 Å². The number of halogens is 3. The predicted octanol–water partition coefficient (Wildman–Crippen LogP) is 3.74. The van der Waals surface area contributed by atoms with Crippen molar-refractivity contribution < 1.29 is 35.9 Å². The van der Waals surface area contributed by atoms with Gasteiger partial charge in [0.1, 0.15) is 16.4 Å². The fourth-order valence-electron chi connectivity index (χ4n) is 3.45. The maximum atomic E-state index is 12.8. The standard InChI is InChI=1S/C21H23F3N2O5S/c1-30-18-11-8-15(12-19(18)32(28,29)26-16-4-2-3-5-16)20(27)25-13-14-6-9-17(10-7-14)31-21(22,23)24/h6-12,16,26H,2-5,13H2,1H3,(H,25,27). The lowest BCUT2D eigenvalue weighted by molar-refractivity contribution is -0.274. The molecule has 1 fully saturated rings. The van der Waals surface area contributed by atoms with E-state index in [0.29, 0.717) is 5.56 Å². The monoisotopic (exact) mass is 472 g/mol. The van der Waals surface area contributed by atoms with Crippen LogP contribution >= 0.6 is 0 Å². The lowest BCUT2D eigenvalue weighted by atomic mass is 10.2. The summed E-state index contributed by atoms with van der Waals surface area (Å²) in [6.07, 6.45) is -1.36. The summed E-state index contributed by atoms with van der Waals surface area (Å²) in [5.41, 5.74) is 0.645. The Kier molecular flexibility index (Phi) is 7.29. The molecule has 0 bridgehead atoms. The Labute approximate surface area is 184 Å². The molecule has 2 aromatic carbocycles. The number of carbonyl (C=O) groups excluding carboxylic acids is 1. The van der Waals surface area contributed by atoms with Crippen molar-refractivity contribution in [3.8, 4) is 11.5 Å². The van der Waals surface area contributed by atoms with Gasteiger partial charge >= 0.3 is 6.36 Å². The molecular formula is C21H23F3N2O5S. The van der Waals surface area contributed by atoms with Gasteiger partial charge in [-0.3, -0.25) is 4.79 Å². The number of sulfonamides is 1. The average molecular weight is 472 g/mol. The van der Waals surface area contributed by atoms with Gasteiger partial charge in [0.2, 0.25) is 10.0 Å². The van der Waals surface area contributed by atoms with Crippen molar-refractivity contribution in [3.63, 3.8) is 0 Å². The van der Waals surface area contributed by atoms with Crippen molar-refractivity contribution in [2.24, 2.45) is 0 Å². The van der Waals surface area contributed by atoms with Crippen LogP contribution in [0, 0.1) is 0 Å². The topological polar surface area (TPSA) is 93.7 Å². The summed E-state index contributed by atoms with van der Waals surface area (Å²) >= 11 is 0. The van der Waals surface area contributed by atoms with Crippen LogP contribution in [-0.4, -0.2) is 33.8 Å². The van der Waals surface area contributed by atoms with Crippen LogP contribution in [0.3, 0.4) is 0 Å². The van der Waals surface area contributed by atoms with Crippen LogP contribution < -0.4 is 19.5 Å². The highest BCUT2D eigenvalue weighted by atomic mass is 32.2. The molecule has 32 heavy (non-hydrogen) atoms. The minimum absolute atomic E-state index is 0.0273. The number of ether oxygens (including phenoxy) is 2. The third-order valence-corrected chi connectivity index (χ3v) is 6.54. The van der Waals surface area contributed by atoms with E-state index in [4.69, 9.17) is 4.74 Å². The van der Waals surface area contributed by atoms with Gasteiger partial charge in [-0.25, -0.2) is 13.1 Å². The molecule has 1 saturated carbocycles. The zero-order valence-corrected chi connectivity index (χ0v) is 18.1. The molecule has 0 atom stereocenters. The molecule has 0 heterocycles. The molecule has 0 saturated heterocycles. The Balaban J connectivity index is 1.69. The highest BCUT2D eigenvalue weighted by Crippen LogP contribution is 2.27. The maximum absolute atomic E-state index is 12.8. The fourth-order valence-corrected chi connectivity index (χ4v) is 4.95. The number of hydrogen-bond acceptors (Lipinski definition) is 5. The third-order valence-electron chi connectivity index (χ3n) is 5.00. The van der Waals surface area contributed by atoms with Gasteiger partial charge in [0, 0.05) is 18.2 Å². The Hall–Kier alpha value is -2.79. The van der Waals surface area contributed by atoms with Crippen LogP contribution in [0.15, 0.2) is 47.4 Å². The number of alkyl halides is 3. The SMILES string of the molecule is COc1ccc(C(=O)NCc2ccc(OC(F)(F)F)cc2)cc1S(=O)(=O)NC1CCCC1. The molecule has 0 radical (unpaired) electrons. The number of benzene rings is 2. The summed E-state index contributed by atoms with van der Waals surface area (Å²) in [6.45, 7) is 0.0273. The summed E-state index contributed by atoms with van der Waals surface area (Å²) in [5, 5.41) is 2.61. The Morgan fingerprint density at radius 2 is 1.75 bits per heavy atom. The van der Waals surface area contributed by atoms with Gasteiger partial charge in [-0.1, -0.05) is 25.0 Å². The molecule has 2 N–H and O–H groups in total. The Morgan fingerprint density at radius 1 is 1.09 bits per heavy atom. The average Bonchev–Trinajstić information content (AvgIpc) is 3.23. The zero-order chi connectivity index (χ0) is 23.4. The van der Waals surface area contributed by atoms with Crippen LogP contribution in [0.4, 0.5) is 13.2 Å². The first-order valence-corrected chi connectivity index (χ1v) is 11.4. The quantitative estimate of drug-likeness (QED) is 0.611. The maximum Gasteiger partial charge on any atom is 0.573 e. The summed E-state index contributed by atoms with van der Waals surface area (Å²) in [6, 6.07) is 8.99. The second kappa shape index (κ2) is 9.78. The number of nitrogens with one attached hydrogen (secondary N) is 2. The van der Waals surface area contributed by atoms with E-state index in [1.807, 2.05) is 0 Å². The number of rotatable bonds is 8. The summed E-state index contributed by atoms with van der Waals surface area (Å²) in [4.78, 5) is 12.4. The van der Waals surface area contributed by atoms with E-state index in [1.54, 1.807) is 0 Å². The molecule has 0 spiro atoms. The van der Waals surface area contributed by atoms with Gasteiger partial charge in [0.05, 0.1) is 7.11 Å². The molecule has 11 heteroatoms. The number of amides is 1. The first kappa shape index (κ1) is 23.9. The number of carbonyl (C=O) groups is 1.